The summed E-state index contributed by atoms with van der Waals surface area (Å²) in [5, 5.41) is 0.255. The zero-order valence-corrected chi connectivity index (χ0v) is 16.9. The fourth-order valence-electron chi connectivity index (χ4n) is 3.37. The first-order valence-corrected chi connectivity index (χ1v) is 9.20. The first-order chi connectivity index (χ1) is 13.1. The first-order valence-electron chi connectivity index (χ1n) is 9.20. The molecule has 3 rings (SSSR count). The Morgan fingerprint density at radius 2 is 1.75 bits per heavy atom. The summed E-state index contributed by atoms with van der Waals surface area (Å²) in [7, 11) is 3.04. The largest absolute Gasteiger partial charge is 0.465 e. The molecule has 0 saturated carbocycles. The molecule has 1 aromatic heterocycles. The Morgan fingerprint density at radius 3 is 2.32 bits per heavy atom. The number of anilines is 1. The average Bonchev–Trinajstić information content (AvgIpc) is 2.97. The van der Waals surface area contributed by atoms with Crippen molar-refractivity contribution < 1.29 is 23.5 Å². The van der Waals surface area contributed by atoms with Crippen molar-refractivity contribution in [2.75, 3.05) is 38.2 Å². The lowest BCUT2D eigenvalue weighted by molar-refractivity contribution is 0.0240. The van der Waals surface area contributed by atoms with Crippen LogP contribution in [-0.4, -0.2) is 60.4 Å². The van der Waals surface area contributed by atoms with Crippen molar-refractivity contribution in [1.82, 2.24) is 9.47 Å². The van der Waals surface area contributed by atoms with Crippen LogP contribution in [0.2, 0.25) is 0 Å². The van der Waals surface area contributed by atoms with Gasteiger partial charge in [-0.3, -0.25) is 0 Å². The number of methoxy groups -OCH3 is 1. The van der Waals surface area contributed by atoms with Gasteiger partial charge in [0.05, 0.1) is 23.6 Å². The van der Waals surface area contributed by atoms with Crippen LogP contribution in [0, 0.1) is 5.82 Å². The highest BCUT2D eigenvalue weighted by Gasteiger charge is 2.27. The fraction of sp³-hybridized carbons (Fsp3) is 0.500. The smallest absolute Gasteiger partial charge is 0.410 e. The van der Waals surface area contributed by atoms with Crippen LogP contribution in [0.3, 0.4) is 0 Å². The van der Waals surface area contributed by atoms with E-state index in [0.717, 1.165) is 0 Å². The second kappa shape index (κ2) is 7.33. The van der Waals surface area contributed by atoms with Gasteiger partial charge in [0.25, 0.3) is 0 Å². The number of aryl methyl sites for hydroxylation is 1. The molecule has 7 nitrogen and oxygen atoms in total. The van der Waals surface area contributed by atoms with Crippen molar-refractivity contribution >= 4 is 28.7 Å². The molecule has 0 aliphatic carbocycles. The highest BCUT2D eigenvalue weighted by atomic mass is 19.1. The Balaban J connectivity index is 1.80. The lowest BCUT2D eigenvalue weighted by Gasteiger charge is -2.36. The minimum Gasteiger partial charge on any atom is -0.465 e. The highest BCUT2D eigenvalue weighted by molar-refractivity contribution is 6.05. The fourth-order valence-corrected chi connectivity index (χ4v) is 3.37. The number of fused-ring (bicyclic) bond motifs is 1. The molecule has 1 aliphatic heterocycles. The third-order valence-electron chi connectivity index (χ3n) is 4.73. The average molecular weight is 391 g/mol. The van der Waals surface area contributed by atoms with Gasteiger partial charge in [-0.05, 0) is 32.9 Å². The summed E-state index contributed by atoms with van der Waals surface area (Å²) in [6.45, 7) is 7.63. The molecule has 0 spiro atoms. The SMILES string of the molecule is COC(=O)c1cn(C)c2cc(N3CCN(C(=O)OC(C)(C)C)CC3)cc(F)c12. The van der Waals surface area contributed by atoms with Gasteiger partial charge in [-0.1, -0.05) is 0 Å². The molecule has 2 heterocycles. The van der Waals surface area contributed by atoms with E-state index in [0.29, 0.717) is 37.4 Å². The maximum atomic E-state index is 14.8. The Morgan fingerprint density at radius 1 is 1.11 bits per heavy atom. The summed E-state index contributed by atoms with van der Waals surface area (Å²) in [6, 6.07) is 3.28. The van der Waals surface area contributed by atoms with E-state index in [1.165, 1.54) is 13.2 Å². The molecule has 1 saturated heterocycles. The molecule has 0 bridgehead atoms. The quantitative estimate of drug-likeness (QED) is 0.736. The Hall–Kier alpha value is -2.77. The third-order valence-corrected chi connectivity index (χ3v) is 4.73. The van der Waals surface area contributed by atoms with Crippen molar-refractivity contribution in [1.29, 1.82) is 0 Å². The van der Waals surface area contributed by atoms with Crippen LogP contribution < -0.4 is 4.90 Å². The summed E-state index contributed by atoms with van der Waals surface area (Å²) in [5.41, 5.74) is 1.00. The Bertz CT molecular complexity index is 908. The number of piperazine rings is 1. The number of halogens is 1. The van der Waals surface area contributed by atoms with Crippen molar-refractivity contribution in [3.8, 4) is 0 Å². The van der Waals surface area contributed by atoms with Crippen molar-refractivity contribution in [3.63, 3.8) is 0 Å². The highest BCUT2D eigenvalue weighted by Crippen LogP contribution is 2.30. The van der Waals surface area contributed by atoms with E-state index in [4.69, 9.17) is 9.47 Å². The molecule has 0 N–H and O–H groups in total. The second-order valence-electron chi connectivity index (χ2n) is 7.92. The minimum absolute atomic E-state index is 0.207. The molecular formula is C20H26FN3O4. The zero-order valence-electron chi connectivity index (χ0n) is 16.9. The maximum absolute atomic E-state index is 14.8. The van der Waals surface area contributed by atoms with Crippen LogP contribution in [0.15, 0.2) is 18.3 Å². The van der Waals surface area contributed by atoms with Crippen LogP contribution in [0.1, 0.15) is 31.1 Å². The van der Waals surface area contributed by atoms with Gasteiger partial charge in [0, 0.05) is 45.1 Å². The molecule has 0 unspecified atom stereocenters. The van der Waals surface area contributed by atoms with E-state index in [-0.39, 0.29) is 17.0 Å². The summed E-state index contributed by atoms with van der Waals surface area (Å²) in [4.78, 5) is 27.8. The number of carbonyl (C=O) groups is 2. The van der Waals surface area contributed by atoms with Crippen LogP contribution in [0.5, 0.6) is 0 Å². The number of amides is 1. The number of esters is 1. The lowest BCUT2D eigenvalue weighted by Crippen LogP contribution is -2.50. The second-order valence-corrected chi connectivity index (χ2v) is 7.92. The Labute approximate surface area is 163 Å². The molecule has 1 amide bonds. The van der Waals surface area contributed by atoms with Gasteiger partial charge in [-0.2, -0.15) is 0 Å². The number of aromatic nitrogens is 1. The molecular weight excluding hydrogens is 365 g/mol. The van der Waals surface area contributed by atoms with E-state index in [9.17, 15) is 14.0 Å². The molecule has 0 atom stereocenters. The minimum atomic E-state index is -0.566. The topological polar surface area (TPSA) is 64.0 Å². The standard InChI is InChI=1S/C20H26FN3O4/c1-20(2,3)28-19(26)24-8-6-23(7-9-24)13-10-15(21)17-14(18(25)27-5)12-22(4)16(17)11-13/h10-12H,6-9H2,1-5H3. The van der Waals surface area contributed by atoms with Gasteiger partial charge in [0.15, 0.2) is 0 Å². The predicted octanol–water partition coefficient (Wildman–Crippen LogP) is 3.16. The van der Waals surface area contributed by atoms with Gasteiger partial charge in [0.2, 0.25) is 0 Å². The van der Waals surface area contributed by atoms with Gasteiger partial charge in [-0.25, -0.2) is 14.0 Å². The molecule has 0 radical (unpaired) electrons. The summed E-state index contributed by atoms with van der Waals surface area (Å²) >= 11 is 0. The number of ether oxygens (including phenoxy) is 2. The summed E-state index contributed by atoms with van der Waals surface area (Å²) < 4.78 is 26.7. The number of nitrogens with zero attached hydrogens (tertiary/aromatic N) is 3. The zero-order chi connectivity index (χ0) is 20.6. The van der Waals surface area contributed by atoms with E-state index in [1.807, 2.05) is 31.7 Å². The molecule has 152 valence electrons. The van der Waals surface area contributed by atoms with E-state index < -0.39 is 17.4 Å². The predicted molar refractivity (Wildman–Crippen MR) is 104 cm³/mol. The van der Waals surface area contributed by atoms with Gasteiger partial charge in [0.1, 0.15) is 11.4 Å². The molecule has 1 aromatic carbocycles. The normalized spacial score (nSPS) is 15.1. The number of benzene rings is 1. The molecule has 2 aromatic rings. The number of hydrogen-bond donors (Lipinski definition) is 0. The van der Waals surface area contributed by atoms with Gasteiger partial charge in [-0.15, -0.1) is 0 Å². The van der Waals surface area contributed by atoms with Crippen LogP contribution in [0.4, 0.5) is 14.9 Å². The Kier molecular flexibility index (Phi) is 5.23. The van der Waals surface area contributed by atoms with Gasteiger partial charge >= 0.3 is 12.1 Å². The molecule has 1 aliphatic rings. The van der Waals surface area contributed by atoms with Crippen molar-refractivity contribution in [3.05, 3.63) is 29.7 Å². The van der Waals surface area contributed by atoms with Crippen LogP contribution >= 0.6 is 0 Å². The van der Waals surface area contributed by atoms with Gasteiger partial charge < -0.3 is 23.8 Å². The molecule has 28 heavy (non-hydrogen) atoms. The molecule has 1 fully saturated rings. The van der Waals surface area contributed by atoms with E-state index in [2.05, 4.69) is 0 Å². The summed E-state index contributed by atoms with van der Waals surface area (Å²) in [5.74, 6) is -1.04. The van der Waals surface area contributed by atoms with Crippen LogP contribution in [-0.2, 0) is 16.5 Å². The lowest BCUT2D eigenvalue weighted by atomic mass is 10.1. The number of carbonyl (C=O) groups excluding carboxylic acids is 2. The number of hydrogen-bond acceptors (Lipinski definition) is 5. The number of rotatable bonds is 2. The third kappa shape index (κ3) is 3.90. The summed E-state index contributed by atoms with van der Waals surface area (Å²) in [6.07, 6.45) is 1.24. The van der Waals surface area contributed by atoms with E-state index >= 15 is 0 Å². The first kappa shape index (κ1) is 20.0. The van der Waals surface area contributed by atoms with Crippen molar-refractivity contribution in [2.24, 2.45) is 7.05 Å². The van der Waals surface area contributed by atoms with Crippen molar-refractivity contribution in [2.45, 2.75) is 26.4 Å². The molecule has 8 heteroatoms. The van der Waals surface area contributed by atoms with E-state index in [1.54, 1.807) is 22.7 Å². The monoisotopic (exact) mass is 391 g/mol. The maximum Gasteiger partial charge on any atom is 0.410 e. The van der Waals surface area contributed by atoms with Crippen LogP contribution in [0.25, 0.3) is 10.9 Å².